The summed E-state index contributed by atoms with van der Waals surface area (Å²) in [6.07, 6.45) is 2.96. The maximum absolute atomic E-state index is 14.4. The van der Waals surface area contributed by atoms with Crippen LogP contribution >= 0.6 is 11.3 Å². The largest absolute Gasteiger partial charge is 0.461 e. The molecule has 0 aliphatic rings. The topological polar surface area (TPSA) is 134 Å². The Morgan fingerprint density at radius 3 is 2.91 bits per heavy atom. The lowest BCUT2D eigenvalue weighted by Gasteiger charge is -2.06. The number of hydrogen-bond donors (Lipinski definition) is 1. The van der Waals surface area contributed by atoms with Crippen molar-refractivity contribution < 1.29 is 23.5 Å². The van der Waals surface area contributed by atoms with Gasteiger partial charge in [0.15, 0.2) is 5.69 Å². The molecule has 0 aromatic carbocycles. The number of nitrogens with one attached hydrogen (secondary N) is 1. The van der Waals surface area contributed by atoms with Crippen molar-refractivity contribution in [2.24, 2.45) is 0 Å². The zero-order chi connectivity index (χ0) is 23.5. The molecule has 0 radical (unpaired) electrons. The number of nitrogens with zero attached hydrogens (tertiary/aromatic N) is 6. The third-order valence-electron chi connectivity index (χ3n) is 4.31. The molecule has 1 N–H and O–H groups in total. The number of ether oxygens (including phenoxy) is 2. The third kappa shape index (κ3) is 8.27. The Balaban J connectivity index is 1.39. The Hall–Kier alpha value is -3.32. The van der Waals surface area contributed by atoms with Gasteiger partial charge in [0.05, 0.1) is 25.8 Å². The van der Waals surface area contributed by atoms with Gasteiger partial charge >= 0.3 is 5.97 Å². The molecule has 176 valence electrons. The molecule has 0 aliphatic heterocycles. The van der Waals surface area contributed by atoms with Gasteiger partial charge in [0, 0.05) is 38.4 Å². The molecule has 3 aromatic heterocycles. The van der Waals surface area contributed by atoms with E-state index in [9.17, 15) is 14.0 Å². The fourth-order valence-electron chi connectivity index (χ4n) is 2.73. The van der Waals surface area contributed by atoms with Crippen LogP contribution in [0.1, 0.15) is 34.0 Å². The van der Waals surface area contributed by atoms with E-state index in [4.69, 9.17) is 9.47 Å². The Morgan fingerprint density at radius 1 is 1.24 bits per heavy atom. The smallest absolute Gasteiger partial charge is 0.360 e. The molecule has 0 bridgehead atoms. The van der Waals surface area contributed by atoms with E-state index < -0.39 is 12.1 Å². The number of rotatable bonds is 13. The number of halogens is 1. The molecule has 1 atom stereocenters. The number of alkyl halides is 1. The number of amides is 1. The Labute approximate surface area is 193 Å². The lowest BCUT2D eigenvalue weighted by molar-refractivity contribution is -0.115. The number of carbonyl (C=O) groups is 2. The van der Waals surface area contributed by atoms with Crippen LogP contribution in [0.5, 0.6) is 0 Å². The third-order valence-corrected chi connectivity index (χ3v) is 5.21. The van der Waals surface area contributed by atoms with Crippen molar-refractivity contribution in [2.75, 3.05) is 25.6 Å². The zero-order valence-electron chi connectivity index (χ0n) is 18.0. The summed E-state index contributed by atoms with van der Waals surface area (Å²) in [6, 6.07) is 5.34. The summed E-state index contributed by atoms with van der Waals surface area (Å²) in [5, 5.41) is 19.0. The van der Waals surface area contributed by atoms with Gasteiger partial charge in [0.1, 0.15) is 11.2 Å². The van der Waals surface area contributed by atoms with Crippen LogP contribution in [-0.2, 0) is 33.7 Å². The van der Waals surface area contributed by atoms with Gasteiger partial charge in [-0.05, 0) is 18.6 Å². The van der Waals surface area contributed by atoms with Crippen molar-refractivity contribution in [2.45, 2.75) is 38.4 Å². The minimum absolute atomic E-state index is 0.0230. The summed E-state index contributed by atoms with van der Waals surface area (Å²) >= 11 is 1.19. The van der Waals surface area contributed by atoms with Crippen molar-refractivity contribution in [3.63, 3.8) is 0 Å². The first-order valence-corrected chi connectivity index (χ1v) is 11.1. The molecule has 0 aliphatic carbocycles. The molecule has 13 heteroatoms. The van der Waals surface area contributed by atoms with E-state index in [-0.39, 0.29) is 37.6 Å². The van der Waals surface area contributed by atoms with Crippen LogP contribution in [0, 0.1) is 0 Å². The van der Waals surface area contributed by atoms with Crippen LogP contribution in [0.4, 0.5) is 9.52 Å². The predicted octanol–water partition coefficient (Wildman–Crippen LogP) is 1.87. The minimum atomic E-state index is -1.23. The number of aryl methyl sites for hydroxylation is 1. The average Bonchev–Trinajstić information content (AvgIpc) is 3.45. The monoisotopic (exact) mass is 477 g/mol. The van der Waals surface area contributed by atoms with Crippen LogP contribution in [-0.4, -0.2) is 68.5 Å². The maximum Gasteiger partial charge on any atom is 0.360 e. The van der Waals surface area contributed by atoms with Gasteiger partial charge in [-0.25, -0.2) is 13.9 Å². The quantitative estimate of drug-likeness (QED) is 0.289. The van der Waals surface area contributed by atoms with Gasteiger partial charge in [-0.2, -0.15) is 0 Å². The second-order valence-electron chi connectivity index (χ2n) is 6.99. The highest BCUT2D eigenvalue weighted by Crippen LogP contribution is 2.18. The van der Waals surface area contributed by atoms with Gasteiger partial charge in [-0.3, -0.25) is 9.78 Å². The number of methoxy groups -OCH3 is 1. The van der Waals surface area contributed by atoms with E-state index in [1.54, 1.807) is 25.4 Å². The molecule has 11 nitrogen and oxygen atoms in total. The predicted molar refractivity (Wildman–Crippen MR) is 116 cm³/mol. The van der Waals surface area contributed by atoms with E-state index in [2.05, 4.69) is 30.8 Å². The lowest BCUT2D eigenvalue weighted by Crippen LogP contribution is -2.14. The van der Waals surface area contributed by atoms with E-state index in [0.717, 1.165) is 0 Å². The fourth-order valence-corrected chi connectivity index (χ4v) is 3.50. The second kappa shape index (κ2) is 12.6. The minimum Gasteiger partial charge on any atom is -0.461 e. The Bertz CT molecular complexity index is 1030. The fraction of sp³-hybridized carbons (Fsp3) is 0.450. The molecule has 3 rings (SSSR count). The Morgan fingerprint density at radius 2 is 2.12 bits per heavy atom. The number of pyridine rings is 1. The molecule has 3 heterocycles. The van der Waals surface area contributed by atoms with Crippen LogP contribution in [0.3, 0.4) is 0 Å². The van der Waals surface area contributed by atoms with Crippen molar-refractivity contribution >= 4 is 28.3 Å². The molecular weight excluding hydrogens is 453 g/mol. The summed E-state index contributed by atoms with van der Waals surface area (Å²) in [7, 11) is 1.56. The maximum atomic E-state index is 14.4. The average molecular weight is 478 g/mol. The van der Waals surface area contributed by atoms with Gasteiger partial charge in [0.25, 0.3) is 0 Å². The van der Waals surface area contributed by atoms with Gasteiger partial charge in [-0.1, -0.05) is 22.6 Å². The Kier molecular flexibility index (Phi) is 9.32. The molecule has 1 unspecified atom stereocenters. The molecule has 0 saturated carbocycles. The second-order valence-corrected chi connectivity index (χ2v) is 8.05. The SMILES string of the molecule is COCCCOC(=O)c1cn(CC(F)CCc2nnc(NC(=O)Cc3ccccn3)s2)nn1. The summed E-state index contributed by atoms with van der Waals surface area (Å²) in [5.74, 6) is -0.863. The van der Waals surface area contributed by atoms with Gasteiger partial charge in [0.2, 0.25) is 11.0 Å². The molecule has 0 fully saturated rings. The van der Waals surface area contributed by atoms with Crippen LogP contribution in [0.15, 0.2) is 30.6 Å². The first-order valence-electron chi connectivity index (χ1n) is 10.3. The number of hydrogen-bond acceptors (Lipinski definition) is 10. The number of carbonyl (C=O) groups excluding carboxylic acids is 2. The molecular formula is C20H24FN7O4S. The van der Waals surface area contributed by atoms with E-state index in [1.165, 1.54) is 22.2 Å². The summed E-state index contributed by atoms with van der Waals surface area (Å²) in [5.41, 5.74) is 0.672. The standard InChI is InChI=1S/C20H24FN7O4S/c1-31-9-4-10-32-19(30)16-13-28(27-24-16)12-14(21)6-7-18-25-26-20(33-18)23-17(29)11-15-5-2-3-8-22-15/h2-3,5,8,13-14H,4,6-7,9-12H2,1H3,(H,23,26,29). The number of anilines is 1. The van der Waals surface area contributed by atoms with Crippen molar-refractivity contribution in [1.29, 1.82) is 0 Å². The van der Waals surface area contributed by atoms with Crippen LogP contribution < -0.4 is 5.32 Å². The number of esters is 1. The van der Waals surface area contributed by atoms with E-state index in [0.29, 0.717) is 35.3 Å². The first kappa shape index (κ1) is 24.3. The zero-order valence-corrected chi connectivity index (χ0v) is 18.8. The highest BCUT2D eigenvalue weighted by Gasteiger charge is 2.16. The molecule has 0 saturated heterocycles. The summed E-state index contributed by atoms with van der Waals surface area (Å²) in [6.45, 7) is 0.631. The van der Waals surface area contributed by atoms with Gasteiger partial charge in [-0.15, -0.1) is 15.3 Å². The molecule has 1 amide bonds. The highest BCUT2D eigenvalue weighted by molar-refractivity contribution is 7.15. The highest BCUT2D eigenvalue weighted by atomic mass is 32.1. The summed E-state index contributed by atoms with van der Waals surface area (Å²) in [4.78, 5) is 28.1. The van der Waals surface area contributed by atoms with Crippen molar-refractivity contribution in [3.8, 4) is 0 Å². The van der Waals surface area contributed by atoms with Crippen molar-refractivity contribution in [3.05, 3.63) is 47.0 Å². The van der Waals surface area contributed by atoms with Crippen molar-refractivity contribution in [1.82, 2.24) is 30.2 Å². The van der Waals surface area contributed by atoms with E-state index in [1.807, 2.05) is 6.07 Å². The first-order chi connectivity index (χ1) is 16.0. The number of aromatic nitrogens is 6. The lowest BCUT2D eigenvalue weighted by atomic mass is 10.2. The molecule has 33 heavy (non-hydrogen) atoms. The van der Waals surface area contributed by atoms with E-state index >= 15 is 0 Å². The normalized spacial score (nSPS) is 11.8. The van der Waals surface area contributed by atoms with Crippen LogP contribution in [0.25, 0.3) is 0 Å². The van der Waals surface area contributed by atoms with Gasteiger partial charge < -0.3 is 14.8 Å². The molecule has 0 spiro atoms. The van der Waals surface area contributed by atoms with Crippen LogP contribution in [0.2, 0.25) is 0 Å². The molecule has 3 aromatic rings. The summed E-state index contributed by atoms with van der Waals surface area (Å²) < 4.78 is 25.6.